The molecule has 1 N–H and O–H groups in total. The minimum absolute atomic E-state index is 0.199. The van der Waals surface area contributed by atoms with E-state index in [1.54, 1.807) is 18.5 Å². The first-order valence-corrected chi connectivity index (χ1v) is 11.0. The van der Waals surface area contributed by atoms with Crippen LogP contribution in [0.3, 0.4) is 0 Å². The Morgan fingerprint density at radius 3 is 1.88 bits per heavy atom. The molecule has 2 aliphatic heterocycles. The summed E-state index contributed by atoms with van der Waals surface area (Å²) in [7, 11) is 0. The lowest BCUT2D eigenvalue weighted by Crippen LogP contribution is -2.59. The number of nitrogens with zero attached hydrogens (tertiary/aromatic N) is 1. The van der Waals surface area contributed by atoms with Crippen LogP contribution in [-0.2, 0) is 25.4 Å². The average molecular weight is 454 g/mol. The maximum atomic E-state index is 10.1. The third-order valence-electron chi connectivity index (χ3n) is 5.80. The third kappa shape index (κ3) is 4.43. The number of aliphatic hydroxyl groups is 1. The van der Waals surface area contributed by atoms with E-state index in [2.05, 4.69) is 4.98 Å². The summed E-state index contributed by atoms with van der Waals surface area (Å²) < 4.78 is 25.2. The van der Waals surface area contributed by atoms with Gasteiger partial charge in [0, 0.05) is 35.0 Å². The number of rotatable bonds is 5. The number of ether oxygens (including phenoxy) is 4. The fraction of sp³-hybridized carbons (Fsp3) is 0.320. The van der Waals surface area contributed by atoms with E-state index in [0.717, 1.165) is 16.7 Å². The Morgan fingerprint density at radius 2 is 1.31 bits per heavy atom. The Balaban J connectivity index is 1.48. The van der Waals surface area contributed by atoms with Crippen LogP contribution >= 0.6 is 11.6 Å². The van der Waals surface area contributed by atoms with E-state index in [1.807, 2.05) is 60.7 Å². The predicted molar refractivity (Wildman–Crippen MR) is 118 cm³/mol. The zero-order valence-corrected chi connectivity index (χ0v) is 18.0. The van der Waals surface area contributed by atoms with Gasteiger partial charge in [-0.1, -0.05) is 72.3 Å². The van der Waals surface area contributed by atoms with Crippen molar-refractivity contribution in [3.05, 3.63) is 101 Å². The average Bonchev–Trinajstić information content (AvgIpc) is 2.86. The number of hydrogen-bond acceptors (Lipinski definition) is 6. The molecule has 0 radical (unpaired) electrons. The molecule has 1 aromatic heterocycles. The van der Waals surface area contributed by atoms with Crippen LogP contribution in [0.2, 0.25) is 5.02 Å². The van der Waals surface area contributed by atoms with Crippen LogP contribution in [0.1, 0.15) is 29.3 Å². The van der Waals surface area contributed by atoms with E-state index in [0.29, 0.717) is 11.4 Å². The van der Waals surface area contributed by atoms with Gasteiger partial charge in [-0.15, -0.1) is 0 Å². The summed E-state index contributed by atoms with van der Waals surface area (Å²) in [6, 6.07) is 21.1. The number of halogens is 1. The van der Waals surface area contributed by atoms with Crippen molar-refractivity contribution in [3.63, 3.8) is 0 Å². The van der Waals surface area contributed by atoms with Crippen molar-refractivity contribution in [1.29, 1.82) is 0 Å². The van der Waals surface area contributed by atoms with Gasteiger partial charge in [-0.25, -0.2) is 0 Å². The molecule has 3 aromatic rings. The molecule has 32 heavy (non-hydrogen) atoms. The maximum absolute atomic E-state index is 10.1. The molecule has 5 rings (SSSR count). The van der Waals surface area contributed by atoms with Gasteiger partial charge in [-0.05, 0) is 11.6 Å². The first kappa shape index (κ1) is 21.5. The SMILES string of the molecule is OCC1OC(c2ccccc2)OC2C(Cc3cnccc3Cl)OC(c3ccccc3)OC12. The van der Waals surface area contributed by atoms with E-state index < -0.39 is 30.9 Å². The van der Waals surface area contributed by atoms with Gasteiger partial charge in [-0.2, -0.15) is 0 Å². The first-order valence-electron chi connectivity index (χ1n) is 10.6. The lowest BCUT2D eigenvalue weighted by atomic mass is 9.94. The topological polar surface area (TPSA) is 70.0 Å². The Hall–Kier alpha value is -2.32. The van der Waals surface area contributed by atoms with E-state index in [1.165, 1.54) is 0 Å². The number of pyridine rings is 1. The smallest absolute Gasteiger partial charge is 0.184 e. The van der Waals surface area contributed by atoms with Crippen LogP contribution in [0.15, 0.2) is 79.1 Å². The highest BCUT2D eigenvalue weighted by atomic mass is 35.5. The molecular formula is C25H24ClNO5. The van der Waals surface area contributed by atoms with Crippen LogP contribution in [-0.4, -0.2) is 41.1 Å². The first-order chi connectivity index (χ1) is 15.7. The van der Waals surface area contributed by atoms with Crippen LogP contribution in [0.25, 0.3) is 0 Å². The molecule has 6 unspecified atom stereocenters. The Labute approximate surface area is 191 Å². The molecule has 0 saturated carbocycles. The van der Waals surface area contributed by atoms with Gasteiger partial charge in [0.1, 0.15) is 18.3 Å². The van der Waals surface area contributed by atoms with Gasteiger partial charge >= 0.3 is 0 Å². The number of hydrogen-bond donors (Lipinski definition) is 1. The van der Waals surface area contributed by atoms with E-state index in [-0.39, 0.29) is 12.7 Å². The van der Waals surface area contributed by atoms with Gasteiger partial charge < -0.3 is 24.1 Å². The van der Waals surface area contributed by atoms with E-state index in [9.17, 15) is 5.11 Å². The lowest BCUT2D eigenvalue weighted by molar-refractivity contribution is -0.384. The van der Waals surface area contributed by atoms with Gasteiger partial charge in [-0.3, -0.25) is 4.98 Å². The fourth-order valence-corrected chi connectivity index (χ4v) is 4.38. The summed E-state index contributed by atoms with van der Waals surface area (Å²) >= 11 is 6.42. The highest BCUT2D eigenvalue weighted by Gasteiger charge is 2.50. The third-order valence-corrected chi connectivity index (χ3v) is 6.17. The van der Waals surface area contributed by atoms with Crippen LogP contribution in [0.4, 0.5) is 0 Å². The van der Waals surface area contributed by atoms with Gasteiger partial charge in [0.25, 0.3) is 0 Å². The number of aromatic nitrogens is 1. The Morgan fingerprint density at radius 1 is 0.750 bits per heavy atom. The molecule has 2 saturated heterocycles. The zero-order valence-electron chi connectivity index (χ0n) is 17.3. The summed E-state index contributed by atoms with van der Waals surface area (Å²) in [5.74, 6) is 0. The van der Waals surface area contributed by atoms with Crippen molar-refractivity contribution in [2.45, 2.75) is 43.4 Å². The normalized spacial score (nSPS) is 29.9. The fourth-order valence-electron chi connectivity index (χ4n) is 4.20. The van der Waals surface area contributed by atoms with Crippen molar-refractivity contribution < 1.29 is 24.1 Å². The minimum Gasteiger partial charge on any atom is -0.394 e. The number of fused-ring (bicyclic) bond motifs is 1. The van der Waals surface area contributed by atoms with Crippen molar-refractivity contribution in [3.8, 4) is 0 Å². The van der Waals surface area contributed by atoms with Crippen LogP contribution < -0.4 is 0 Å². The zero-order chi connectivity index (χ0) is 21.9. The van der Waals surface area contributed by atoms with E-state index >= 15 is 0 Å². The Bertz CT molecular complexity index is 1020. The molecule has 0 aliphatic carbocycles. The van der Waals surface area contributed by atoms with Crippen molar-refractivity contribution in [2.75, 3.05) is 6.61 Å². The largest absolute Gasteiger partial charge is 0.394 e. The molecule has 2 aromatic carbocycles. The summed E-state index contributed by atoms with van der Waals surface area (Å²) in [4.78, 5) is 4.21. The number of benzene rings is 2. The molecule has 2 aliphatic rings. The molecular weight excluding hydrogens is 430 g/mol. The highest BCUT2D eigenvalue weighted by Crippen LogP contribution is 2.41. The number of aliphatic hydroxyl groups excluding tert-OH is 1. The van der Waals surface area contributed by atoms with Crippen molar-refractivity contribution >= 4 is 11.6 Å². The second-order valence-electron chi connectivity index (χ2n) is 7.89. The lowest BCUT2D eigenvalue weighted by Gasteiger charge is -2.49. The van der Waals surface area contributed by atoms with Crippen molar-refractivity contribution in [1.82, 2.24) is 4.98 Å². The second-order valence-corrected chi connectivity index (χ2v) is 8.30. The summed E-state index contributed by atoms with van der Waals surface area (Å²) in [6.07, 6.45) is 0.692. The molecule has 0 amide bonds. The highest BCUT2D eigenvalue weighted by molar-refractivity contribution is 6.31. The molecule has 7 heteroatoms. The van der Waals surface area contributed by atoms with Crippen LogP contribution in [0.5, 0.6) is 0 Å². The predicted octanol–water partition coefficient (Wildman–Crippen LogP) is 4.24. The van der Waals surface area contributed by atoms with Crippen LogP contribution in [0, 0.1) is 0 Å². The van der Waals surface area contributed by atoms with Gasteiger partial charge in [0.2, 0.25) is 0 Å². The van der Waals surface area contributed by atoms with Gasteiger partial charge in [0.05, 0.1) is 12.7 Å². The van der Waals surface area contributed by atoms with E-state index in [4.69, 9.17) is 30.5 Å². The minimum atomic E-state index is -0.637. The second kappa shape index (κ2) is 9.67. The maximum Gasteiger partial charge on any atom is 0.184 e. The molecule has 6 nitrogen and oxygen atoms in total. The molecule has 3 heterocycles. The molecule has 0 bridgehead atoms. The monoisotopic (exact) mass is 453 g/mol. The molecule has 0 spiro atoms. The molecule has 6 atom stereocenters. The van der Waals surface area contributed by atoms with Crippen molar-refractivity contribution in [2.24, 2.45) is 0 Å². The summed E-state index contributed by atoms with van der Waals surface area (Å²) in [5, 5.41) is 10.8. The molecule has 166 valence electrons. The summed E-state index contributed by atoms with van der Waals surface area (Å²) in [5.41, 5.74) is 2.61. The standard InChI is InChI=1S/C25H24ClNO5/c26-19-11-12-27-14-18(19)13-20-22-23(32-24(29-20)16-7-3-1-4-8-16)21(15-28)30-25(31-22)17-9-5-2-6-10-17/h1-12,14,20-25,28H,13,15H2. The summed E-state index contributed by atoms with van der Waals surface area (Å²) in [6.45, 7) is -0.199. The molecule has 2 fully saturated rings. The van der Waals surface area contributed by atoms with Gasteiger partial charge in [0.15, 0.2) is 12.6 Å². The Kier molecular flexibility index (Phi) is 6.50. The quantitative estimate of drug-likeness (QED) is 0.623.